The Kier molecular flexibility index (Phi) is 9.00. The highest BCUT2D eigenvalue weighted by Crippen LogP contribution is 2.44. The summed E-state index contributed by atoms with van der Waals surface area (Å²) in [6.45, 7) is 8.93. The molecule has 2 aromatic heterocycles. The van der Waals surface area contributed by atoms with E-state index in [2.05, 4.69) is 55.3 Å². The second-order valence-electron chi connectivity index (χ2n) is 11.4. The fourth-order valence-electron chi connectivity index (χ4n) is 5.30. The molecule has 4 aromatic rings. The van der Waals surface area contributed by atoms with E-state index in [9.17, 15) is 9.59 Å². The quantitative estimate of drug-likeness (QED) is 0.152. The summed E-state index contributed by atoms with van der Waals surface area (Å²) in [5.41, 5.74) is 5.74. The van der Waals surface area contributed by atoms with Gasteiger partial charge < -0.3 is 15.0 Å². The first-order valence-corrected chi connectivity index (χ1v) is 16.0. The van der Waals surface area contributed by atoms with E-state index in [1.165, 1.54) is 28.0 Å². The number of benzene rings is 2. The van der Waals surface area contributed by atoms with Gasteiger partial charge in [-0.05, 0) is 43.1 Å². The molecule has 41 heavy (non-hydrogen) atoms. The lowest BCUT2D eigenvalue weighted by atomic mass is 9.72. The highest BCUT2D eigenvalue weighted by Gasteiger charge is 2.34. The Morgan fingerprint density at radius 3 is 2.41 bits per heavy atom. The number of fused-ring (bicyclic) bond motifs is 1. The minimum Gasteiger partial charge on any atom is -0.462 e. The van der Waals surface area contributed by atoms with E-state index in [4.69, 9.17) is 9.72 Å². The summed E-state index contributed by atoms with van der Waals surface area (Å²) in [6, 6.07) is 20.3. The third kappa shape index (κ3) is 6.76. The Morgan fingerprint density at radius 2 is 1.76 bits per heavy atom. The van der Waals surface area contributed by atoms with Gasteiger partial charge in [-0.15, -0.1) is 11.3 Å². The van der Waals surface area contributed by atoms with Crippen molar-refractivity contribution in [3.8, 4) is 22.5 Å². The third-order valence-corrected chi connectivity index (χ3v) is 9.63. The minimum absolute atomic E-state index is 0.118. The van der Waals surface area contributed by atoms with Crippen LogP contribution in [0.15, 0.2) is 65.8 Å². The topological polar surface area (TPSA) is 84.1 Å². The number of nitrogens with one attached hydrogen (secondary N) is 2. The average Bonchev–Trinajstić information content (AvgIpc) is 3.54. The monoisotopic (exact) mass is 587 g/mol. The van der Waals surface area contributed by atoms with Crippen LogP contribution < -0.4 is 5.32 Å². The molecule has 0 radical (unpaired) electrons. The molecule has 8 heteroatoms. The smallest absolute Gasteiger partial charge is 0.341 e. The number of esters is 1. The fraction of sp³-hybridized carbons (Fsp3) is 0.364. The lowest BCUT2D eigenvalue weighted by molar-refractivity contribution is -0.115. The first-order valence-electron chi connectivity index (χ1n) is 14.2. The molecular weight excluding hydrogens is 551 g/mol. The molecule has 0 spiro atoms. The predicted molar refractivity (Wildman–Crippen MR) is 169 cm³/mol. The zero-order chi connectivity index (χ0) is 29.0. The van der Waals surface area contributed by atoms with Crippen molar-refractivity contribution in [2.24, 2.45) is 11.3 Å². The molecule has 2 aromatic carbocycles. The van der Waals surface area contributed by atoms with Crippen LogP contribution in [0, 0.1) is 11.3 Å². The van der Waals surface area contributed by atoms with Crippen molar-refractivity contribution in [2.45, 2.75) is 58.5 Å². The summed E-state index contributed by atoms with van der Waals surface area (Å²) in [5, 5.41) is 4.44. The number of hydrogen-bond acceptors (Lipinski definition) is 6. The van der Waals surface area contributed by atoms with Crippen LogP contribution in [0.3, 0.4) is 0 Å². The zero-order valence-corrected chi connectivity index (χ0v) is 25.7. The zero-order valence-electron chi connectivity index (χ0n) is 24.1. The van der Waals surface area contributed by atoms with Gasteiger partial charge in [0.05, 0.1) is 23.6 Å². The molecule has 0 saturated carbocycles. The molecule has 1 aliphatic rings. The SMILES string of the molecule is CCOC(=O)c1c(NC(=O)CCSc2nc(-c3ccccc3)c(-c3ccccc3)[nH]2)sc2c1CCC(C(C)(C)C)C2. The summed E-state index contributed by atoms with van der Waals surface area (Å²) in [5.74, 6) is 0.625. The van der Waals surface area contributed by atoms with E-state index in [1.807, 2.05) is 43.3 Å². The fourth-order valence-corrected chi connectivity index (χ4v) is 7.44. The Hall–Kier alpha value is -3.36. The van der Waals surface area contributed by atoms with Gasteiger partial charge >= 0.3 is 5.97 Å². The highest BCUT2D eigenvalue weighted by atomic mass is 32.2. The molecule has 0 fully saturated rings. The van der Waals surface area contributed by atoms with Crippen molar-refractivity contribution in [2.75, 3.05) is 17.7 Å². The second kappa shape index (κ2) is 12.7. The maximum atomic E-state index is 13.1. The summed E-state index contributed by atoms with van der Waals surface area (Å²) in [4.78, 5) is 35.6. The lowest BCUT2D eigenvalue weighted by Gasteiger charge is -2.33. The number of hydrogen-bond donors (Lipinski definition) is 2. The van der Waals surface area contributed by atoms with Crippen LogP contribution in [-0.4, -0.2) is 34.2 Å². The molecule has 1 atom stereocenters. The van der Waals surface area contributed by atoms with E-state index in [0.29, 0.717) is 35.3 Å². The van der Waals surface area contributed by atoms with Crippen molar-refractivity contribution >= 4 is 40.0 Å². The van der Waals surface area contributed by atoms with Gasteiger partial charge in [-0.25, -0.2) is 9.78 Å². The summed E-state index contributed by atoms with van der Waals surface area (Å²) in [6.07, 6.45) is 3.08. The number of aromatic amines is 1. The molecule has 0 aliphatic heterocycles. The van der Waals surface area contributed by atoms with Gasteiger partial charge in [0.25, 0.3) is 0 Å². The van der Waals surface area contributed by atoms with Crippen molar-refractivity contribution in [1.82, 2.24) is 9.97 Å². The summed E-state index contributed by atoms with van der Waals surface area (Å²) >= 11 is 3.05. The van der Waals surface area contributed by atoms with Gasteiger partial charge in [0, 0.05) is 28.2 Å². The minimum atomic E-state index is -0.346. The number of nitrogens with zero attached hydrogens (tertiary/aromatic N) is 1. The number of aromatic nitrogens is 2. The number of carbonyl (C=O) groups is 2. The number of thioether (sulfide) groups is 1. The Bertz CT molecular complexity index is 1450. The number of carbonyl (C=O) groups excluding carboxylic acids is 2. The van der Waals surface area contributed by atoms with Crippen LogP contribution in [0.4, 0.5) is 5.00 Å². The standard InChI is InChI=1S/C33H37N3O3S2/c1-5-39-31(38)27-24-17-16-23(33(2,3)4)20-25(24)41-30(27)34-26(37)18-19-40-32-35-28(21-12-8-6-9-13-21)29(36-32)22-14-10-7-11-15-22/h6-15,23H,5,16-20H2,1-4H3,(H,34,37)(H,35,36). The van der Waals surface area contributed by atoms with Crippen LogP contribution >= 0.6 is 23.1 Å². The van der Waals surface area contributed by atoms with Crippen molar-refractivity contribution in [3.63, 3.8) is 0 Å². The van der Waals surface area contributed by atoms with E-state index < -0.39 is 0 Å². The molecule has 214 valence electrons. The van der Waals surface area contributed by atoms with Gasteiger partial charge in [-0.3, -0.25) is 4.79 Å². The molecule has 1 amide bonds. The van der Waals surface area contributed by atoms with Crippen LogP contribution in [0.2, 0.25) is 0 Å². The summed E-state index contributed by atoms with van der Waals surface area (Å²) in [7, 11) is 0. The average molecular weight is 588 g/mol. The number of ether oxygens (including phenoxy) is 1. The highest BCUT2D eigenvalue weighted by molar-refractivity contribution is 7.99. The second-order valence-corrected chi connectivity index (χ2v) is 13.6. The first kappa shape index (κ1) is 29.1. The molecule has 2 heterocycles. The Balaban J connectivity index is 1.29. The van der Waals surface area contributed by atoms with E-state index in [-0.39, 0.29) is 17.3 Å². The number of imidazole rings is 1. The maximum absolute atomic E-state index is 13.1. The normalized spacial score (nSPS) is 14.9. The molecule has 0 bridgehead atoms. The van der Waals surface area contributed by atoms with E-state index in [0.717, 1.165) is 52.5 Å². The Labute approximate surface area is 250 Å². The van der Waals surface area contributed by atoms with Crippen molar-refractivity contribution in [3.05, 3.63) is 76.7 Å². The van der Waals surface area contributed by atoms with Crippen molar-refractivity contribution < 1.29 is 14.3 Å². The van der Waals surface area contributed by atoms with Gasteiger partial charge in [0.2, 0.25) is 5.91 Å². The molecule has 5 rings (SSSR count). The molecule has 0 saturated heterocycles. The molecule has 1 aliphatic carbocycles. The summed E-state index contributed by atoms with van der Waals surface area (Å²) < 4.78 is 5.39. The van der Waals surface area contributed by atoms with Gasteiger partial charge in [-0.1, -0.05) is 93.2 Å². The van der Waals surface area contributed by atoms with Crippen LogP contribution in [0.5, 0.6) is 0 Å². The largest absolute Gasteiger partial charge is 0.462 e. The first-order chi connectivity index (χ1) is 19.7. The number of anilines is 1. The van der Waals surface area contributed by atoms with Gasteiger partial charge in [-0.2, -0.15) is 0 Å². The number of thiophene rings is 1. The molecule has 1 unspecified atom stereocenters. The number of rotatable bonds is 9. The van der Waals surface area contributed by atoms with E-state index >= 15 is 0 Å². The van der Waals surface area contributed by atoms with Crippen LogP contribution in [0.25, 0.3) is 22.5 Å². The predicted octanol–water partition coefficient (Wildman–Crippen LogP) is 8.25. The van der Waals surface area contributed by atoms with E-state index in [1.54, 1.807) is 0 Å². The van der Waals surface area contributed by atoms with Gasteiger partial charge in [0.1, 0.15) is 5.00 Å². The van der Waals surface area contributed by atoms with Gasteiger partial charge in [0.15, 0.2) is 5.16 Å². The molecular formula is C33H37N3O3S2. The van der Waals surface area contributed by atoms with Crippen LogP contribution in [0.1, 0.15) is 61.3 Å². The maximum Gasteiger partial charge on any atom is 0.341 e. The number of H-pyrrole nitrogens is 1. The third-order valence-electron chi connectivity index (χ3n) is 7.58. The number of amides is 1. The molecule has 6 nitrogen and oxygen atoms in total. The Morgan fingerprint density at radius 1 is 1.07 bits per heavy atom. The van der Waals surface area contributed by atoms with Crippen LogP contribution in [-0.2, 0) is 22.4 Å². The van der Waals surface area contributed by atoms with Crippen molar-refractivity contribution in [1.29, 1.82) is 0 Å². The lowest BCUT2D eigenvalue weighted by Crippen LogP contribution is -2.26. The molecule has 2 N–H and O–H groups in total.